The Morgan fingerprint density at radius 1 is 0.276 bits per heavy atom. The Balaban J connectivity index is 1.04. The molecular formula is C56H38N2. The van der Waals surface area contributed by atoms with Gasteiger partial charge in [0.25, 0.3) is 0 Å². The average Bonchev–Trinajstić information content (AvgIpc) is 3.66. The third-order valence-corrected chi connectivity index (χ3v) is 11.6. The van der Waals surface area contributed by atoms with Crippen molar-refractivity contribution in [2.45, 2.75) is 0 Å². The maximum absolute atomic E-state index is 2.45. The molecule has 0 aliphatic rings. The number of anilines is 3. The first kappa shape index (κ1) is 33.6. The first-order valence-corrected chi connectivity index (χ1v) is 19.9. The number of para-hydroxylation sites is 1. The standard InChI is InChI=1S/C56H38N2/c1-4-14-39(15-5-1)41-24-31-46(32-25-41)57(47-33-26-42(27-34-47)40-16-6-2-7-17-40)48-35-28-43(29-36-48)44-30-37-54-53(38-44)55-51-22-12-10-20-49(51)50-21-11-13-23-52(50)56(55)58(54)45-18-8-3-9-19-45/h1-38H. The lowest BCUT2D eigenvalue weighted by molar-refractivity contribution is 1.19. The van der Waals surface area contributed by atoms with Crippen molar-refractivity contribution < 1.29 is 0 Å². The van der Waals surface area contributed by atoms with Crippen molar-refractivity contribution in [1.82, 2.24) is 4.57 Å². The molecule has 11 rings (SSSR count). The van der Waals surface area contributed by atoms with Crippen LogP contribution in [0, 0.1) is 0 Å². The fourth-order valence-electron chi connectivity index (χ4n) is 8.82. The predicted molar refractivity (Wildman–Crippen MR) is 247 cm³/mol. The molecule has 0 radical (unpaired) electrons. The van der Waals surface area contributed by atoms with Crippen LogP contribution in [0.15, 0.2) is 231 Å². The highest BCUT2D eigenvalue weighted by molar-refractivity contribution is 6.32. The highest BCUT2D eigenvalue weighted by atomic mass is 15.1. The van der Waals surface area contributed by atoms with Crippen molar-refractivity contribution >= 4 is 60.4 Å². The predicted octanol–water partition coefficient (Wildman–Crippen LogP) is 15.6. The summed E-state index contributed by atoms with van der Waals surface area (Å²) >= 11 is 0. The summed E-state index contributed by atoms with van der Waals surface area (Å²) in [6.45, 7) is 0. The van der Waals surface area contributed by atoms with Crippen LogP contribution in [0.4, 0.5) is 17.1 Å². The van der Waals surface area contributed by atoms with Gasteiger partial charge in [-0.2, -0.15) is 0 Å². The van der Waals surface area contributed by atoms with Crippen LogP contribution in [0.2, 0.25) is 0 Å². The monoisotopic (exact) mass is 738 g/mol. The summed E-state index contributed by atoms with van der Waals surface area (Å²) in [6.07, 6.45) is 0. The summed E-state index contributed by atoms with van der Waals surface area (Å²) in [5, 5.41) is 7.62. The number of benzene rings is 10. The highest BCUT2D eigenvalue weighted by Crippen LogP contribution is 2.44. The van der Waals surface area contributed by atoms with E-state index in [1.54, 1.807) is 0 Å². The quantitative estimate of drug-likeness (QED) is 0.148. The second-order valence-electron chi connectivity index (χ2n) is 14.9. The minimum Gasteiger partial charge on any atom is -0.311 e. The number of aromatic nitrogens is 1. The zero-order valence-corrected chi connectivity index (χ0v) is 31.8. The molecule has 0 amide bonds. The lowest BCUT2D eigenvalue weighted by atomic mass is 9.95. The molecule has 0 saturated carbocycles. The van der Waals surface area contributed by atoms with Crippen LogP contribution in [0.3, 0.4) is 0 Å². The zero-order valence-electron chi connectivity index (χ0n) is 31.8. The van der Waals surface area contributed by atoms with Gasteiger partial charge in [-0.1, -0.05) is 170 Å². The van der Waals surface area contributed by atoms with E-state index in [2.05, 4.69) is 240 Å². The summed E-state index contributed by atoms with van der Waals surface area (Å²) in [6, 6.07) is 83.5. The van der Waals surface area contributed by atoms with E-state index >= 15 is 0 Å². The van der Waals surface area contributed by atoms with Crippen molar-refractivity contribution in [3.05, 3.63) is 231 Å². The van der Waals surface area contributed by atoms with Crippen molar-refractivity contribution in [3.63, 3.8) is 0 Å². The third-order valence-electron chi connectivity index (χ3n) is 11.6. The molecule has 2 heteroatoms. The molecule has 0 atom stereocenters. The first-order chi connectivity index (χ1) is 28.8. The number of nitrogens with zero attached hydrogens (tertiary/aromatic N) is 2. The lowest BCUT2D eigenvalue weighted by Crippen LogP contribution is -2.09. The van der Waals surface area contributed by atoms with Gasteiger partial charge in [-0.3, -0.25) is 0 Å². The summed E-state index contributed by atoms with van der Waals surface area (Å²) in [4.78, 5) is 2.35. The maximum atomic E-state index is 2.45. The Morgan fingerprint density at radius 2 is 0.655 bits per heavy atom. The summed E-state index contributed by atoms with van der Waals surface area (Å²) in [7, 11) is 0. The molecule has 1 heterocycles. The van der Waals surface area contributed by atoms with Crippen LogP contribution in [0.5, 0.6) is 0 Å². The van der Waals surface area contributed by atoms with Gasteiger partial charge in [0.15, 0.2) is 0 Å². The van der Waals surface area contributed by atoms with E-state index in [4.69, 9.17) is 0 Å². The molecule has 0 bridgehead atoms. The van der Waals surface area contributed by atoms with Gasteiger partial charge in [-0.25, -0.2) is 0 Å². The second kappa shape index (κ2) is 14.1. The fourth-order valence-corrected chi connectivity index (χ4v) is 8.82. The smallest absolute Gasteiger partial charge is 0.0625 e. The molecule has 58 heavy (non-hydrogen) atoms. The normalized spacial score (nSPS) is 11.4. The molecule has 0 saturated heterocycles. The minimum absolute atomic E-state index is 1.10. The molecule has 0 unspecified atom stereocenters. The molecule has 0 N–H and O–H groups in total. The van der Waals surface area contributed by atoms with Crippen LogP contribution in [-0.2, 0) is 0 Å². The van der Waals surface area contributed by atoms with Crippen molar-refractivity contribution in [2.75, 3.05) is 4.90 Å². The Morgan fingerprint density at radius 3 is 1.17 bits per heavy atom. The minimum atomic E-state index is 1.10. The Kier molecular flexibility index (Phi) is 8.19. The van der Waals surface area contributed by atoms with E-state index < -0.39 is 0 Å². The number of hydrogen-bond donors (Lipinski definition) is 0. The van der Waals surface area contributed by atoms with Crippen molar-refractivity contribution in [1.29, 1.82) is 0 Å². The number of rotatable bonds is 7. The maximum Gasteiger partial charge on any atom is 0.0625 e. The summed E-state index contributed by atoms with van der Waals surface area (Å²) < 4.78 is 2.45. The summed E-state index contributed by atoms with van der Waals surface area (Å²) in [5.41, 5.74) is 14.1. The van der Waals surface area contributed by atoms with Gasteiger partial charge in [0.2, 0.25) is 0 Å². The fraction of sp³-hybridized carbons (Fsp3) is 0. The second-order valence-corrected chi connectivity index (χ2v) is 14.9. The SMILES string of the molecule is c1ccc(-c2ccc(N(c3ccc(-c4ccccc4)cc3)c3ccc(-c4ccc5c(c4)c4c6ccccc6c6ccccc6c4n5-c4ccccc4)cc3)cc2)cc1. The van der Waals surface area contributed by atoms with Gasteiger partial charge >= 0.3 is 0 Å². The van der Waals surface area contributed by atoms with Crippen molar-refractivity contribution in [3.8, 4) is 39.1 Å². The van der Waals surface area contributed by atoms with E-state index in [-0.39, 0.29) is 0 Å². The molecule has 0 aliphatic carbocycles. The van der Waals surface area contributed by atoms with Crippen LogP contribution >= 0.6 is 0 Å². The third kappa shape index (κ3) is 5.74. The van der Waals surface area contributed by atoms with E-state index in [1.165, 1.54) is 76.7 Å². The van der Waals surface area contributed by atoms with Gasteiger partial charge in [-0.05, 0) is 110 Å². The van der Waals surface area contributed by atoms with E-state index in [9.17, 15) is 0 Å². The highest BCUT2D eigenvalue weighted by Gasteiger charge is 2.20. The number of fused-ring (bicyclic) bond motifs is 8. The van der Waals surface area contributed by atoms with Crippen LogP contribution in [0.1, 0.15) is 0 Å². The topological polar surface area (TPSA) is 8.17 Å². The Labute approximate surface area is 338 Å². The number of hydrogen-bond acceptors (Lipinski definition) is 1. The van der Waals surface area contributed by atoms with Crippen LogP contribution in [-0.4, -0.2) is 4.57 Å². The van der Waals surface area contributed by atoms with Gasteiger partial charge in [0.1, 0.15) is 0 Å². The van der Waals surface area contributed by atoms with Gasteiger partial charge in [0.05, 0.1) is 11.0 Å². The van der Waals surface area contributed by atoms with Gasteiger partial charge < -0.3 is 9.47 Å². The molecule has 272 valence electrons. The molecular weight excluding hydrogens is 701 g/mol. The van der Waals surface area contributed by atoms with Crippen molar-refractivity contribution in [2.24, 2.45) is 0 Å². The van der Waals surface area contributed by atoms with Crippen LogP contribution < -0.4 is 4.90 Å². The molecule has 11 aromatic rings. The average molecular weight is 739 g/mol. The van der Waals surface area contributed by atoms with E-state index in [0.717, 1.165) is 22.7 Å². The lowest BCUT2D eigenvalue weighted by Gasteiger charge is -2.26. The molecule has 1 aromatic heterocycles. The Bertz CT molecular complexity index is 3140. The largest absolute Gasteiger partial charge is 0.311 e. The van der Waals surface area contributed by atoms with E-state index in [0.29, 0.717) is 0 Å². The molecule has 0 aliphatic heterocycles. The molecule has 0 fully saturated rings. The molecule has 2 nitrogen and oxygen atoms in total. The van der Waals surface area contributed by atoms with Crippen LogP contribution in [0.25, 0.3) is 82.4 Å². The molecule has 0 spiro atoms. The summed E-state index contributed by atoms with van der Waals surface area (Å²) in [5.74, 6) is 0. The Hall–Kier alpha value is -7.68. The van der Waals surface area contributed by atoms with Gasteiger partial charge in [0, 0.05) is 38.9 Å². The zero-order chi connectivity index (χ0) is 38.4. The van der Waals surface area contributed by atoms with Gasteiger partial charge in [-0.15, -0.1) is 0 Å². The first-order valence-electron chi connectivity index (χ1n) is 19.9. The molecule has 10 aromatic carbocycles. The van der Waals surface area contributed by atoms with E-state index in [1.807, 2.05) is 0 Å².